The Hall–Kier alpha value is -2.41. The van der Waals surface area contributed by atoms with Gasteiger partial charge >= 0.3 is 0 Å². The lowest BCUT2D eigenvalue weighted by atomic mass is 10.2. The zero-order valence-electron chi connectivity index (χ0n) is 14.9. The minimum absolute atomic E-state index is 0.617. The number of hydrogen-bond acceptors (Lipinski definition) is 4. The molecule has 2 heterocycles. The van der Waals surface area contributed by atoms with Crippen molar-refractivity contribution in [3.63, 3.8) is 0 Å². The minimum Gasteiger partial charge on any atom is -0.497 e. The van der Waals surface area contributed by atoms with Crippen LogP contribution in [0.2, 0.25) is 0 Å². The van der Waals surface area contributed by atoms with Crippen LogP contribution in [0.3, 0.4) is 0 Å². The molecule has 7 nitrogen and oxygen atoms in total. The average molecular weight is 346 g/mol. The second-order valence-electron chi connectivity index (χ2n) is 6.03. The number of aliphatic imine (C=N–C) groups is 1. The van der Waals surface area contributed by atoms with Crippen molar-refractivity contribution in [2.24, 2.45) is 10.7 Å². The number of rotatable bonds is 6. The number of fused-ring (bicyclic) bond motifs is 1. The van der Waals surface area contributed by atoms with E-state index in [1.807, 2.05) is 12.1 Å². The summed E-state index contributed by atoms with van der Waals surface area (Å²) in [7, 11) is 3.32. The summed E-state index contributed by atoms with van der Waals surface area (Å²) in [6.07, 6.45) is 1.83. The number of ether oxygens (including phenoxy) is 3. The molecular formula is C18H26N4O3. The standard InChI is InChI=1S/C18H26N4O3/c1-23-14-11-16-15(17(12-14)24-2)10-13(21-16)4-3-5-20-18(19)22-6-8-25-9-7-22/h10-12,21H,3-9H2,1-2H3,(H2,19,20). The summed E-state index contributed by atoms with van der Waals surface area (Å²) in [5.74, 6) is 2.21. The van der Waals surface area contributed by atoms with E-state index in [2.05, 4.69) is 20.9 Å². The molecule has 1 aromatic carbocycles. The van der Waals surface area contributed by atoms with E-state index in [9.17, 15) is 0 Å². The third-order valence-electron chi connectivity index (χ3n) is 4.40. The van der Waals surface area contributed by atoms with E-state index in [0.717, 1.165) is 67.2 Å². The molecule has 1 aliphatic rings. The Kier molecular flexibility index (Phi) is 5.65. The van der Waals surface area contributed by atoms with Crippen LogP contribution in [-0.2, 0) is 11.2 Å². The number of benzene rings is 1. The smallest absolute Gasteiger partial charge is 0.191 e. The van der Waals surface area contributed by atoms with Gasteiger partial charge in [0.05, 0.1) is 33.0 Å². The van der Waals surface area contributed by atoms with Gasteiger partial charge in [0.2, 0.25) is 0 Å². The Labute approximate surface area is 147 Å². The normalized spacial score (nSPS) is 15.6. The van der Waals surface area contributed by atoms with Crippen molar-refractivity contribution >= 4 is 16.9 Å². The molecule has 0 aliphatic carbocycles. The topological polar surface area (TPSA) is 85.1 Å². The Morgan fingerprint density at radius 3 is 2.76 bits per heavy atom. The van der Waals surface area contributed by atoms with Crippen LogP contribution in [0, 0.1) is 0 Å². The van der Waals surface area contributed by atoms with Crippen LogP contribution in [0.15, 0.2) is 23.2 Å². The Bertz CT molecular complexity index is 735. The van der Waals surface area contributed by atoms with Crippen molar-refractivity contribution < 1.29 is 14.2 Å². The molecule has 1 aromatic heterocycles. The Morgan fingerprint density at radius 1 is 1.24 bits per heavy atom. The summed E-state index contributed by atoms with van der Waals surface area (Å²) in [4.78, 5) is 9.99. The van der Waals surface area contributed by atoms with Crippen LogP contribution in [0.1, 0.15) is 12.1 Å². The van der Waals surface area contributed by atoms with Crippen molar-refractivity contribution in [3.05, 3.63) is 23.9 Å². The first-order valence-corrected chi connectivity index (χ1v) is 8.57. The SMILES string of the molecule is COc1cc(OC)c2cc(CCCN=C(N)N3CCOCC3)[nH]c2c1. The van der Waals surface area contributed by atoms with Gasteiger partial charge in [0.25, 0.3) is 0 Å². The molecule has 3 rings (SSSR count). The van der Waals surface area contributed by atoms with Gasteiger partial charge in [-0.25, -0.2) is 0 Å². The van der Waals surface area contributed by atoms with E-state index in [-0.39, 0.29) is 0 Å². The number of guanidine groups is 1. The number of aromatic amines is 1. The van der Waals surface area contributed by atoms with Crippen LogP contribution in [0.4, 0.5) is 0 Å². The number of hydrogen-bond donors (Lipinski definition) is 2. The summed E-state index contributed by atoms with van der Waals surface area (Å²) in [5, 5.41) is 1.06. The van der Waals surface area contributed by atoms with E-state index in [0.29, 0.717) is 12.5 Å². The molecule has 0 unspecified atom stereocenters. The fourth-order valence-corrected chi connectivity index (χ4v) is 3.01. The van der Waals surface area contributed by atoms with Crippen molar-refractivity contribution in [3.8, 4) is 11.5 Å². The Balaban J connectivity index is 1.59. The number of nitrogens with one attached hydrogen (secondary N) is 1. The van der Waals surface area contributed by atoms with Gasteiger partial charge in [-0.2, -0.15) is 0 Å². The highest BCUT2D eigenvalue weighted by Crippen LogP contribution is 2.31. The Morgan fingerprint density at radius 2 is 2.04 bits per heavy atom. The van der Waals surface area contributed by atoms with Gasteiger partial charge < -0.3 is 29.8 Å². The number of methoxy groups -OCH3 is 2. The summed E-state index contributed by atoms with van der Waals surface area (Å²) >= 11 is 0. The first-order valence-electron chi connectivity index (χ1n) is 8.57. The zero-order valence-corrected chi connectivity index (χ0v) is 14.9. The summed E-state index contributed by atoms with van der Waals surface area (Å²) in [6.45, 7) is 3.78. The predicted molar refractivity (Wildman–Crippen MR) is 98.6 cm³/mol. The predicted octanol–water partition coefficient (Wildman–Crippen LogP) is 1.76. The lowest BCUT2D eigenvalue weighted by molar-refractivity contribution is 0.0674. The van der Waals surface area contributed by atoms with Crippen LogP contribution >= 0.6 is 0 Å². The van der Waals surface area contributed by atoms with Gasteiger partial charge in [0, 0.05) is 42.8 Å². The van der Waals surface area contributed by atoms with Crippen LogP contribution < -0.4 is 15.2 Å². The largest absolute Gasteiger partial charge is 0.497 e. The van der Waals surface area contributed by atoms with Crippen LogP contribution in [0.25, 0.3) is 10.9 Å². The third-order valence-corrected chi connectivity index (χ3v) is 4.40. The van der Waals surface area contributed by atoms with Crippen LogP contribution in [-0.4, -0.2) is 62.9 Å². The number of aryl methyl sites for hydroxylation is 1. The van der Waals surface area contributed by atoms with E-state index < -0.39 is 0 Å². The third kappa shape index (κ3) is 4.17. The first kappa shape index (κ1) is 17.4. The molecule has 3 N–H and O–H groups in total. The first-order chi connectivity index (χ1) is 12.2. The van der Waals surface area contributed by atoms with Gasteiger partial charge in [0.15, 0.2) is 5.96 Å². The van der Waals surface area contributed by atoms with Crippen molar-refractivity contribution in [1.82, 2.24) is 9.88 Å². The van der Waals surface area contributed by atoms with E-state index in [1.54, 1.807) is 14.2 Å². The fraction of sp³-hybridized carbons (Fsp3) is 0.500. The second-order valence-corrected chi connectivity index (χ2v) is 6.03. The maximum Gasteiger partial charge on any atom is 0.191 e. The summed E-state index contributed by atoms with van der Waals surface area (Å²) in [6, 6.07) is 6.01. The molecule has 1 saturated heterocycles. The molecule has 25 heavy (non-hydrogen) atoms. The number of morpholine rings is 1. The molecule has 7 heteroatoms. The molecule has 0 radical (unpaired) electrons. The quantitative estimate of drug-likeness (QED) is 0.473. The highest BCUT2D eigenvalue weighted by Gasteiger charge is 2.12. The molecule has 0 bridgehead atoms. The average Bonchev–Trinajstić information content (AvgIpc) is 3.07. The molecule has 136 valence electrons. The van der Waals surface area contributed by atoms with E-state index in [4.69, 9.17) is 19.9 Å². The van der Waals surface area contributed by atoms with Gasteiger partial charge in [0.1, 0.15) is 11.5 Å². The number of nitrogens with zero attached hydrogens (tertiary/aromatic N) is 2. The molecule has 0 atom stereocenters. The molecular weight excluding hydrogens is 320 g/mol. The molecule has 2 aromatic rings. The van der Waals surface area contributed by atoms with E-state index >= 15 is 0 Å². The lowest BCUT2D eigenvalue weighted by Gasteiger charge is -2.27. The van der Waals surface area contributed by atoms with Gasteiger partial charge in [-0.1, -0.05) is 0 Å². The highest BCUT2D eigenvalue weighted by atomic mass is 16.5. The summed E-state index contributed by atoms with van der Waals surface area (Å²) < 4.78 is 16.1. The molecule has 0 saturated carbocycles. The molecule has 1 fully saturated rings. The molecule has 0 spiro atoms. The van der Waals surface area contributed by atoms with Gasteiger partial charge in [-0.05, 0) is 18.9 Å². The maximum atomic E-state index is 6.04. The number of nitrogens with two attached hydrogens (primary N) is 1. The number of aromatic nitrogens is 1. The number of H-pyrrole nitrogens is 1. The maximum absolute atomic E-state index is 6.04. The zero-order chi connectivity index (χ0) is 17.6. The van der Waals surface area contributed by atoms with Gasteiger partial charge in [-0.15, -0.1) is 0 Å². The summed E-state index contributed by atoms with van der Waals surface area (Å²) in [5.41, 5.74) is 8.21. The molecule has 1 aliphatic heterocycles. The monoisotopic (exact) mass is 346 g/mol. The fourth-order valence-electron chi connectivity index (χ4n) is 3.01. The highest BCUT2D eigenvalue weighted by molar-refractivity contribution is 5.88. The van der Waals surface area contributed by atoms with Crippen molar-refractivity contribution in [2.75, 3.05) is 47.1 Å². The van der Waals surface area contributed by atoms with E-state index in [1.165, 1.54) is 0 Å². The lowest BCUT2D eigenvalue weighted by Crippen LogP contribution is -2.44. The van der Waals surface area contributed by atoms with Crippen molar-refractivity contribution in [2.45, 2.75) is 12.8 Å². The minimum atomic E-state index is 0.617. The van der Waals surface area contributed by atoms with Gasteiger partial charge in [-0.3, -0.25) is 4.99 Å². The van der Waals surface area contributed by atoms with Crippen molar-refractivity contribution in [1.29, 1.82) is 0 Å². The molecule has 0 amide bonds. The van der Waals surface area contributed by atoms with Crippen LogP contribution in [0.5, 0.6) is 11.5 Å². The second kappa shape index (κ2) is 8.11.